The molecule has 6 rings (SSSR count). The molecule has 0 saturated carbocycles. The summed E-state index contributed by atoms with van der Waals surface area (Å²) in [6.45, 7) is 2.28. The highest BCUT2D eigenvalue weighted by Crippen LogP contribution is 2.36. The minimum Gasteiger partial charge on any atom is -0.267 e. The lowest BCUT2D eigenvalue weighted by molar-refractivity contribution is 0.509. The summed E-state index contributed by atoms with van der Waals surface area (Å²) >= 11 is 1.68. The number of aryl methyl sites for hydroxylation is 1. The van der Waals surface area contributed by atoms with E-state index in [0.29, 0.717) is 17.2 Å². The highest BCUT2D eigenvalue weighted by molar-refractivity contribution is 7.18. The number of aromatic nitrogens is 5. The summed E-state index contributed by atoms with van der Waals surface area (Å²) in [4.78, 5) is 20.6. The van der Waals surface area contributed by atoms with Gasteiger partial charge in [0, 0.05) is 15.6 Å². The van der Waals surface area contributed by atoms with Crippen LogP contribution in [0.3, 0.4) is 0 Å². The Bertz CT molecular complexity index is 1410. The summed E-state index contributed by atoms with van der Waals surface area (Å²) in [5.74, 6) is 0.665. The van der Waals surface area contributed by atoms with Crippen molar-refractivity contribution >= 4 is 43.6 Å². The second-order valence-electron chi connectivity index (χ2n) is 7.13. The standard InChI is InChI=1S/C19H15N5OS/c1-10-6-7-13-14(8-10)26-18-15(13)19(25)24-16(21-18)11-4-2-3-5-12(11)17-22-20-9-23(17)24/h2-5,9-10H,6-8H2,1H3. The maximum atomic E-state index is 13.5. The minimum absolute atomic E-state index is 0.0207. The molecule has 1 aromatic carbocycles. The van der Waals surface area contributed by atoms with Crippen molar-refractivity contribution in [3.8, 4) is 0 Å². The topological polar surface area (TPSA) is 64.6 Å². The van der Waals surface area contributed by atoms with Crippen molar-refractivity contribution in [3.05, 3.63) is 51.4 Å². The van der Waals surface area contributed by atoms with Gasteiger partial charge in [0.05, 0.1) is 5.39 Å². The smallest absolute Gasteiger partial charge is 0.267 e. The monoisotopic (exact) mass is 361 g/mol. The second-order valence-corrected chi connectivity index (χ2v) is 8.21. The van der Waals surface area contributed by atoms with Crippen molar-refractivity contribution < 1.29 is 0 Å². The molecule has 1 aliphatic rings. The lowest BCUT2D eigenvalue weighted by Gasteiger charge is -2.17. The molecule has 0 bridgehead atoms. The van der Waals surface area contributed by atoms with Crippen molar-refractivity contribution in [2.45, 2.75) is 26.2 Å². The molecule has 0 saturated heterocycles. The lowest BCUT2D eigenvalue weighted by Crippen LogP contribution is -2.22. The summed E-state index contributed by atoms with van der Waals surface area (Å²) in [5.41, 5.74) is 2.52. The number of nitrogens with zero attached hydrogens (tertiary/aromatic N) is 5. The molecule has 0 aliphatic heterocycles. The van der Waals surface area contributed by atoms with Crippen LogP contribution < -0.4 is 5.56 Å². The molecule has 5 aromatic rings. The fourth-order valence-electron chi connectivity index (χ4n) is 4.18. The quantitative estimate of drug-likeness (QED) is 0.397. The first-order valence-corrected chi connectivity index (χ1v) is 9.62. The first-order chi connectivity index (χ1) is 12.7. The van der Waals surface area contributed by atoms with Gasteiger partial charge in [0.15, 0.2) is 11.3 Å². The summed E-state index contributed by atoms with van der Waals surface area (Å²) in [5, 5.41) is 10.9. The zero-order valence-electron chi connectivity index (χ0n) is 14.1. The summed E-state index contributed by atoms with van der Waals surface area (Å²) in [7, 11) is 0. The third kappa shape index (κ3) is 1.71. The molecule has 1 atom stereocenters. The van der Waals surface area contributed by atoms with Gasteiger partial charge in [-0.05, 0) is 30.7 Å². The maximum absolute atomic E-state index is 13.5. The molecule has 26 heavy (non-hydrogen) atoms. The van der Waals surface area contributed by atoms with Crippen LogP contribution in [0.15, 0.2) is 35.4 Å². The van der Waals surface area contributed by atoms with Gasteiger partial charge in [-0.2, -0.15) is 4.52 Å². The van der Waals surface area contributed by atoms with E-state index < -0.39 is 0 Å². The molecule has 0 fully saturated rings. The van der Waals surface area contributed by atoms with Gasteiger partial charge < -0.3 is 0 Å². The predicted molar refractivity (Wildman–Crippen MR) is 102 cm³/mol. The van der Waals surface area contributed by atoms with Gasteiger partial charge in [0.25, 0.3) is 5.56 Å². The third-order valence-electron chi connectivity index (χ3n) is 5.46. The molecule has 7 heteroatoms. The van der Waals surface area contributed by atoms with Crippen LogP contribution in [-0.4, -0.2) is 24.2 Å². The Morgan fingerprint density at radius 3 is 2.85 bits per heavy atom. The van der Waals surface area contributed by atoms with E-state index in [1.165, 1.54) is 10.4 Å². The van der Waals surface area contributed by atoms with Crippen molar-refractivity contribution in [2.24, 2.45) is 5.92 Å². The molecular formula is C19H15N5OS. The van der Waals surface area contributed by atoms with Crippen LogP contribution in [-0.2, 0) is 12.8 Å². The van der Waals surface area contributed by atoms with Crippen molar-refractivity contribution in [3.63, 3.8) is 0 Å². The first-order valence-electron chi connectivity index (χ1n) is 8.80. The van der Waals surface area contributed by atoms with Crippen LogP contribution in [0.5, 0.6) is 0 Å². The normalized spacial score (nSPS) is 17.5. The zero-order valence-corrected chi connectivity index (χ0v) is 15.0. The Morgan fingerprint density at radius 1 is 1.19 bits per heavy atom. The molecule has 0 amide bonds. The molecule has 4 heterocycles. The van der Waals surface area contributed by atoms with Crippen LogP contribution in [0.1, 0.15) is 23.8 Å². The molecular weight excluding hydrogens is 346 g/mol. The Hall–Kier alpha value is -2.80. The molecule has 0 N–H and O–H groups in total. The second kappa shape index (κ2) is 4.88. The number of rotatable bonds is 0. The van der Waals surface area contributed by atoms with E-state index in [0.717, 1.165) is 40.3 Å². The van der Waals surface area contributed by atoms with Gasteiger partial charge in [-0.15, -0.1) is 21.5 Å². The van der Waals surface area contributed by atoms with E-state index in [1.54, 1.807) is 26.7 Å². The van der Waals surface area contributed by atoms with Gasteiger partial charge in [-0.1, -0.05) is 31.2 Å². The van der Waals surface area contributed by atoms with Crippen molar-refractivity contribution in [2.75, 3.05) is 0 Å². The van der Waals surface area contributed by atoms with E-state index in [1.807, 2.05) is 24.3 Å². The number of fused-ring (bicyclic) bond motifs is 9. The average Bonchev–Trinajstić information content (AvgIpc) is 3.26. The number of thiophene rings is 1. The molecule has 6 nitrogen and oxygen atoms in total. The van der Waals surface area contributed by atoms with E-state index >= 15 is 0 Å². The maximum Gasteiger partial charge on any atom is 0.282 e. The van der Waals surface area contributed by atoms with E-state index in [9.17, 15) is 4.79 Å². The predicted octanol–water partition coefficient (Wildman–Crippen LogP) is 3.23. The van der Waals surface area contributed by atoms with Gasteiger partial charge in [-0.25, -0.2) is 9.50 Å². The Labute approximate surface area is 151 Å². The van der Waals surface area contributed by atoms with E-state index in [2.05, 4.69) is 17.1 Å². The molecule has 128 valence electrons. The van der Waals surface area contributed by atoms with Gasteiger partial charge in [-0.3, -0.25) is 4.79 Å². The molecule has 1 unspecified atom stereocenters. The summed E-state index contributed by atoms with van der Waals surface area (Å²) in [6, 6.07) is 7.92. The molecule has 1 aliphatic carbocycles. The van der Waals surface area contributed by atoms with Gasteiger partial charge in [0.1, 0.15) is 11.2 Å². The van der Waals surface area contributed by atoms with Crippen LogP contribution in [0.25, 0.3) is 32.3 Å². The van der Waals surface area contributed by atoms with Crippen LogP contribution in [0.4, 0.5) is 0 Å². The molecule has 0 radical (unpaired) electrons. The lowest BCUT2D eigenvalue weighted by atomic mass is 9.89. The highest BCUT2D eigenvalue weighted by atomic mass is 32.1. The Kier molecular flexibility index (Phi) is 2.70. The van der Waals surface area contributed by atoms with Gasteiger partial charge >= 0.3 is 0 Å². The van der Waals surface area contributed by atoms with Crippen LogP contribution >= 0.6 is 11.3 Å². The van der Waals surface area contributed by atoms with Crippen molar-refractivity contribution in [1.82, 2.24) is 24.2 Å². The first kappa shape index (κ1) is 14.4. The van der Waals surface area contributed by atoms with Crippen LogP contribution in [0, 0.1) is 5.92 Å². The number of hydrogen-bond acceptors (Lipinski definition) is 5. The minimum atomic E-state index is -0.0207. The SMILES string of the molecule is CC1CCc2c(sc3nc4c5ccccc5c5nncn5n4c(=O)c23)C1. The zero-order chi connectivity index (χ0) is 17.4. The summed E-state index contributed by atoms with van der Waals surface area (Å²) in [6.07, 6.45) is 4.71. The highest BCUT2D eigenvalue weighted by Gasteiger charge is 2.24. The fourth-order valence-corrected chi connectivity index (χ4v) is 5.56. The van der Waals surface area contributed by atoms with E-state index in [4.69, 9.17) is 4.98 Å². The third-order valence-corrected chi connectivity index (χ3v) is 6.61. The van der Waals surface area contributed by atoms with E-state index in [-0.39, 0.29) is 5.56 Å². The van der Waals surface area contributed by atoms with Gasteiger partial charge in [0.2, 0.25) is 0 Å². The molecule has 0 spiro atoms. The largest absolute Gasteiger partial charge is 0.282 e. The average molecular weight is 361 g/mol. The number of hydrogen-bond donors (Lipinski definition) is 0. The molecule has 4 aromatic heterocycles. The summed E-state index contributed by atoms with van der Waals surface area (Å²) < 4.78 is 3.35. The fraction of sp³-hybridized carbons (Fsp3) is 0.263. The Morgan fingerprint density at radius 2 is 2.00 bits per heavy atom. The van der Waals surface area contributed by atoms with Crippen LogP contribution in [0.2, 0.25) is 0 Å². The number of benzene rings is 1. The Balaban J connectivity index is 1.89. The van der Waals surface area contributed by atoms with Crippen molar-refractivity contribution in [1.29, 1.82) is 0 Å².